The highest BCUT2D eigenvalue weighted by atomic mass is 16.4. The molecular formula is C24H33N5O5. The molecule has 1 aromatic carbocycles. The lowest BCUT2D eigenvalue weighted by atomic mass is 10.0. The molecule has 0 bridgehead atoms. The number of aromatic nitrogens is 1. The van der Waals surface area contributed by atoms with Gasteiger partial charge in [-0.2, -0.15) is 0 Å². The van der Waals surface area contributed by atoms with Gasteiger partial charge in [-0.25, -0.2) is 0 Å². The van der Waals surface area contributed by atoms with Gasteiger partial charge in [0.15, 0.2) is 0 Å². The Labute approximate surface area is 198 Å². The van der Waals surface area contributed by atoms with Crippen molar-refractivity contribution in [2.75, 3.05) is 13.1 Å². The maximum absolute atomic E-state index is 13.6. The van der Waals surface area contributed by atoms with Crippen LogP contribution in [0.2, 0.25) is 0 Å². The number of nitrogens with two attached hydrogens (primary N) is 1. The molecule has 3 unspecified atom stereocenters. The second kappa shape index (κ2) is 11.1. The topological polar surface area (TPSA) is 158 Å². The summed E-state index contributed by atoms with van der Waals surface area (Å²) in [7, 11) is 0. The average Bonchev–Trinajstić information content (AvgIpc) is 3.43. The van der Waals surface area contributed by atoms with E-state index in [4.69, 9.17) is 10.8 Å². The Morgan fingerprint density at radius 2 is 1.97 bits per heavy atom. The van der Waals surface area contributed by atoms with Crippen molar-refractivity contribution < 1.29 is 24.3 Å². The Hall–Kier alpha value is -3.40. The van der Waals surface area contributed by atoms with Gasteiger partial charge in [-0.05, 0) is 36.8 Å². The number of hydrogen-bond donors (Lipinski definition) is 5. The maximum atomic E-state index is 13.6. The van der Waals surface area contributed by atoms with E-state index in [-0.39, 0.29) is 18.2 Å². The highest BCUT2D eigenvalue weighted by Gasteiger charge is 2.38. The van der Waals surface area contributed by atoms with Crippen molar-refractivity contribution in [1.82, 2.24) is 20.5 Å². The van der Waals surface area contributed by atoms with Crippen molar-refractivity contribution in [3.63, 3.8) is 0 Å². The van der Waals surface area contributed by atoms with Gasteiger partial charge < -0.3 is 31.4 Å². The molecule has 2 heterocycles. The molecule has 3 rings (SSSR count). The van der Waals surface area contributed by atoms with Crippen molar-refractivity contribution in [2.24, 2.45) is 11.7 Å². The summed E-state index contributed by atoms with van der Waals surface area (Å²) < 4.78 is 0. The zero-order valence-electron chi connectivity index (χ0n) is 19.5. The first-order valence-corrected chi connectivity index (χ1v) is 11.6. The van der Waals surface area contributed by atoms with Gasteiger partial charge in [0.1, 0.15) is 18.6 Å². The standard InChI is InChI=1S/C24H33N5O5/c1-14(2)10-17(25)22(32)28-19(11-15-12-26-18-7-4-3-6-16(15)18)24(34)29-9-5-8-20(29)23(33)27-13-21(30)31/h3-4,6-7,12,14,17,19-20,26H,5,8-11,13,25H2,1-2H3,(H,27,33)(H,28,32)(H,30,31). The number of carboxylic acids is 1. The number of benzene rings is 1. The van der Waals surface area contributed by atoms with Crippen LogP contribution in [-0.2, 0) is 25.6 Å². The first-order chi connectivity index (χ1) is 16.2. The molecule has 10 nitrogen and oxygen atoms in total. The lowest BCUT2D eigenvalue weighted by Crippen LogP contribution is -2.56. The fraction of sp³-hybridized carbons (Fsp3) is 0.500. The molecular weight excluding hydrogens is 438 g/mol. The predicted molar refractivity (Wildman–Crippen MR) is 127 cm³/mol. The predicted octanol–water partition coefficient (Wildman–Crippen LogP) is 0.760. The van der Waals surface area contributed by atoms with Gasteiger partial charge in [-0.1, -0.05) is 32.0 Å². The zero-order chi connectivity index (χ0) is 24.8. The monoisotopic (exact) mass is 471 g/mol. The van der Waals surface area contributed by atoms with E-state index in [2.05, 4.69) is 15.6 Å². The molecule has 0 radical (unpaired) electrons. The van der Waals surface area contributed by atoms with Gasteiger partial charge >= 0.3 is 5.97 Å². The van der Waals surface area contributed by atoms with Gasteiger partial charge in [0, 0.05) is 30.1 Å². The van der Waals surface area contributed by atoms with E-state index in [0.717, 1.165) is 16.5 Å². The highest BCUT2D eigenvalue weighted by Crippen LogP contribution is 2.23. The number of para-hydroxylation sites is 1. The summed E-state index contributed by atoms with van der Waals surface area (Å²) >= 11 is 0. The van der Waals surface area contributed by atoms with Crippen molar-refractivity contribution in [3.8, 4) is 0 Å². The Kier molecular flexibility index (Phi) is 8.27. The Morgan fingerprint density at radius 1 is 1.24 bits per heavy atom. The molecule has 10 heteroatoms. The molecule has 2 aromatic rings. The number of nitrogens with zero attached hydrogens (tertiary/aromatic N) is 1. The lowest BCUT2D eigenvalue weighted by Gasteiger charge is -2.29. The van der Waals surface area contributed by atoms with Crippen molar-refractivity contribution in [3.05, 3.63) is 36.0 Å². The van der Waals surface area contributed by atoms with E-state index in [1.807, 2.05) is 44.3 Å². The average molecular weight is 472 g/mol. The van der Waals surface area contributed by atoms with Gasteiger partial charge in [0.05, 0.1) is 6.04 Å². The van der Waals surface area contributed by atoms with Crippen molar-refractivity contribution in [1.29, 1.82) is 0 Å². The van der Waals surface area contributed by atoms with Crippen LogP contribution in [0.1, 0.15) is 38.7 Å². The normalized spacial score (nSPS) is 17.5. The fourth-order valence-corrected chi connectivity index (χ4v) is 4.40. The number of nitrogens with one attached hydrogen (secondary N) is 3. The van der Waals surface area contributed by atoms with Crippen molar-refractivity contribution in [2.45, 2.75) is 57.7 Å². The lowest BCUT2D eigenvalue weighted by molar-refractivity contribution is -0.142. The van der Waals surface area contributed by atoms with Crippen LogP contribution in [0, 0.1) is 5.92 Å². The number of fused-ring (bicyclic) bond motifs is 1. The van der Waals surface area contributed by atoms with Crippen LogP contribution in [-0.4, -0.2) is 69.9 Å². The second-order valence-electron chi connectivity index (χ2n) is 9.16. The van der Waals surface area contributed by atoms with Gasteiger partial charge in [-0.3, -0.25) is 19.2 Å². The molecule has 0 saturated carbocycles. The Morgan fingerprint density at radius 3 is 2.68 bits per heavy atom. The number of aliphatic carboxylic acids is 1. The van der Waals surface area contributed by atoms with Crippen molar-refractivity contribution >= 4 is 34.6 Å². The summed E-state index contributed by atoms with van der Waals surface area (Å²) in [5.74, 6) is -2.26. The number of carbonyl (C=O) groups excluding carboxylic acids is 3. The Bertz CT molecular complexity index is 1050. The number of amides is 3. The molecule has 184 valence electrons. The molecule has 3 atom stereocenters. The minimum atomic E-state index is -1.16. The highest BCUT2D eigenvalue weighted by molar-refractivity contribution is 5.95. The number of carbonyl (C=O) groups is 4. The van der Waals surface area contributed by atoms with E-state index >= 15 is 0 Å². The van der Waals surface area contributed by atoms with Gasteiger partial charge in [0.2, 0.25) is 17.7 Å². The third-order valence-corrected chi connectivity index (χ3v) is 6.03. The summed E-state index contributed by atoms with van der Waals surface area (Å²) in [6.07, 6.45) is 3.55. The molecule has 6 N–H and O–H groups in total. The first kappa shape index (κ1) is 25.2. The Balaban J connectivity index is 1.83. The van der Waals surface area contributed by atoms with Crippen LogP contribution in [0.15, 0.2) is 30.5 Å². The summed E-state index contributed by atoms with van der Waals surface area (Å²) in [6.45, 7) is 3.76. The number of likely N-dealkylation sites (tertiary alicyclic amines) is 1. The third-order valence-electron chi connectivity index (χ3n) is 6.03. The number of carboxylic acid groups (broad SMARTS) is 1. The van der Waals surface area contributed by atoms with Crippen LogP contribution >= 0.6 is 0 Å². The molecule has 1 aliphatic rings. The molecule has 34 heavy (non-hydrogen) atoms. The molecule has 3 amide bonds. The quantitative estimate of drug-likeness (QED) is 0.344. The maximum Gasteiger partial charge on any atom is 0.322 e. The second-order valence-corrected chi connectivity index (χ2v) is 9.16. The summed E-state index contributed by atoms with van der Waals surface area (Å²) in [6, 6.07) is 5.21. The molecule has 0 spiro atoms. The van der Waals surface area contributed by atoms with Crippen LogP contribution in [0.25, 0.3) is 10.9 Å². The molecule has 1 saturated heterocycles. The molecule has 1 aliphatic heterocycles. The number of H-pyrrole nitrogens is 1. The van der Waals surface area contributed by atoms with Crippen LogP contribution in [0.5, 0.6) is 0 Å². The van der Waals surface area contributed by atoms with Gasteiger partial charge in [-0.15, -0.1) is 0 Å². The molecule has 1 fully saturated rings. The first-order valence-electron chi connectivity index (χ1n) is 11.6. The minimum absolute atomic E-state index is 0.212. The summed E-state index contributed by atoms with van der Waals surface area (Å²) in [5, 5.41) is 15.0. The van der Waals surface area contributed by atoms with E-state index in [1.54, 1.807) is 0 Å². The van der Waals surface area contributed by atoms with E-state index in [9.17, 15) is 19.2 Å². The molecule has 0 aliphatic carbocycles. The minimum Gasteiger partial charge on any atom is -0.480 e. The number of hydrogen-bond acceptors (Lipinski definition) is 5. The van der Waals surface area contributed by atoms with E-state index in [1.165, 1.54) is 4.90 Å². The van der Waals surface area contributed by atoms with E-state index in [0.29, 0.717) is 25.8 Å². The fourth-order valence-electron chi connectivity index (χ4n) is 4.40. The smallest absolute Gasteiger partial charge is 0.322 e. The number of aromatic amines is 1. The SMILES string of the molecule is CC(C)CC(N)C(=O)NC(Cc1c[nH]c2ccccc12)C(=O)N1CCCC1C(=O)NCC(=O)O. The zero-order valence-corrected chi connectivity index (χ0v) is 19.5. The summed E-state index contributed by atoms with van der Waals surface area (Å²) in [5.41, 5.74) is 7.84. The third kappa shape index (κ3) is 6.13. The van der Waals surface area contributed by atoms with Gasteiger partial charge in [0.25, 0.3) is 0 Å². The van der Waals surface area contributed by atoms with Crippen LogP contribution in [0.4, 0.5) is 0 Å². The molecule has 1 aromatic heterocycles. The number of rotatable bonds is 10. The largest absolute Gasteiger partial charge is 0.480 e. The van der Waals surface area contributed by atoms with E-state index < -0.39 is 42.5 Å². The summed E-state index contributed by atoms with van der Waals surface area (Å²) in [4.78, 5) is 54.4. The van der Waals surface area contributed by atoms with Crippen LogP contribution < -0.4 is 16.4 Å². The van der Waals surface area contributed by atoms with Crippen LogP contribution in [0.3, 0.4) is 0 Å².